The maximum absolute atomic E-state index is 12.3. The second-order valence-corrected chi connectivity index (χ2v) is 5.67. The van der Waals surface area contributed by atoms with Crippen molar-refractivity contribution in [2.45, 2.75) is 0 Å². The van der Waals surface area contributed by atoms with Gasteiger partial charge in [0.15, 0.2) is 0 Å². The van der Waals surface area contributed by atoms with Crippen molar-refractivity contribution in [3.05, 3.63) is 74.3 Å². The van der Waals surface area contributed by atoms with Crippen molar-refractivity contribution >= 4 is 34.8 Å². The molecule has 0 saturated carbocycles. The maximum Gasteiger partial charge on any atom is 0.292 e. The number of halogens is 1. The van der Waals surface area contributed by atoms with Crippen molar-refractivity contribution in [1.29, 1.82) is 0 Å². The van der Waals surface area contributed by atoms with Crippen LogP contribution in [0.25, 0.3) is 5.69 Å². The third-order valence-corrected chi connectivity index (χ3v) is 4.01. The van der Waals surface area contributed by atoms with Crippen molar-refractivity contribution < 1.29 is 0 Å². The van der Waals surface area contributed by atoms with Crippen LogP contribution in [-0.4, -0.2) is 16.0 Å². The van der Waals surface area contributed by atoms with Gasteiger partial charge in [-0.3, -0.25) is 10.2 Å². The minimum atomic E-state index is -0.399. The van der Waals surface area contributed by atoms with Gasteiger partial charge >= 0.3 is 0 Å². The van der Waals surface area contributed by atoms with Crippen LogP contribution in [0.2, 0.25) is 5.02 Å². The Kier molecular flexibility index (Phi) is 4.32. The molecule has 0 spiro atoms. The third-order valence-electron chi connectivity index (χ3n) is 2.84. The first-order chi connectivity index (χ1) is 10.8. The first-order valence-electron chi connectivity index (χ1n) is 6.41. The van der Waals surface area contributed by atoms with Crippen molar-refractivity contribution in [3.63, 3.8) is 0 Å². The van der Waals surface area contributed by atoms with Crippen molar-refractivity contribution in [2.75, 3.05) is 5.43 Å². The molecule has 7 heteroatoms. The molecule has 22 heavy (non-hydrogen) atoms. The zero-order valence-electron chi connectivity index (χ0n) is 11.3. The van der Waals surface area contributed by atoms with E-state index >= 15 is 0 Å². The average Bonchev–Trinajstić information content (AvgIpc) is 3.06. The summed E-state index contributed by atoms with van der Waals surface area (Å²) in [6, 6.07) is 13.0. The largest absolute Gasteiger partial charge is 0.292 e. The van der Waals surface area contributed by atoms with Crippen LogP contribution in [-0.2, 0) is 0 Å². The highest BCUT2D eigenvalue weighted by atomic mass is 35.5. The lowest BCUT2D eigenvalue weighted by atomic mass is 10.3. The summed E-state index contributed by atoms with van der Waals surface area (Å²) >= 11 is 7.66. The van der Waals surface area contributed by atoms with Gasteiger partial charge < -0.3 is 0 Å². The molecule has 1 aromatic carbocycles. The van der Waals surface area contributed by atoms with Crippen LogP contribution in [0.4, 0.5) is 5.69 Å². The smallest absolute Gasteiger partial charge is 0.275 e. The Labute approximate surface area is 135 Å². The van der Waals surface area contributed by atoms with Crippen LogP contribution in [0.5, 0.6) is 0 Å². The summed E-state index contributed by atoms with van der Waals surface area (Å²) in [5.74, 6) is 0. The molecule has 0 radical (unpaired) electrons. The Morgan fingerprint density at radius 1 is 1.23 bits per heavy atom. The summed E-state index contributed by atoms with van der Waals surface area (Å²) in [6.07, 6.45) is 3.13. The summed E-state index contributed by atoms with van der Waals surface area (Å²) in [4.78, 5) is 13.3. The molecule has 0 atom stereocenters. The van der Waals surface area contributed by atoms with Gasteiger partial charge in [0.1, 0.15) is 10.7 Å². The van der Waals surface area contributed by atoms with Crippen LogP contribution >= 0.6 is 22.9 Å². The van der Waals surface area contributed by atoms with Crippen molar-refractivity contribution in [1.82, 2.24) is 9.78 Å². The SMILES string of the molecule is O=c1c(Cl)c(N/N=C\c2cccs2)cnn1-c1ccccc1. The van der Waals surface area contributed by atoms with Gasteiger partial charge in [-0.25, -0.2) is 0 Å². The van der Waals surface area contributed by atoms with Crippen molar-refractivity contribution in [2.24, 2.45) is 5.10 Å². The second-order valence-electron chi connectivity index (χ2n) is 4.31. The van der Waals surface area contributed by atoms with Crippen LogP contribution in [0, 0.1) is 0 Å². The predicted molar refractivity (Wildman–Crippen MR) is 90.4 cm³/mol. The Balaban J connectivity index is 1.86. The lowest BCUT2D eigenvalue weighted by Crippen LogP contribution is -2.22. The molecule has 110 valence electrons. The number of para-hydroxylation sites is 1. The maximum atomic E-state index is 12.3. The number of anilines is 1. The van der Waals surface area contributed by atoms with Gasteiger partial charge in [-0.1, -0.05) is 35.9 Å². The molecule has 0 bridgehead atoms. The Hall–Kier alpha value is -2.44. The highest BCUT2D eigenvalue weighted by molar-refractivity contribution is 7.11. The molecule has 0 aliphatic rings. The molecule has 5 nitrogen and oxygen atoms in total. The van der Waals surface area contributed by atoms with Crippen LogP contribution in [0.1, 0.15) is 4.88 Å². The number of hydrogen-bond donors (Lipinski definition) is 1. The minimum absolute atomic E-state index is 0.0437. The van der Waals surface area contributed by atoms with E-state index in [2.05, 4.69) is 15.6 Å². The Bertz CT molecular complexity index is 844. The van der Waals surface area contributed by atoms with Crippen LogP contribution < -0.4 is 11.0 Å². The number of nitrogens with zero attached hydrogens (tertiary/aromatic N) is 3. The van der Waals surface area contributed by atoms with E-state index in [1.54, 1.807) is 29.7 Å². The molecular formula is C15H11ClN4OS. The molecule has 0 aliphatic heterocycles. The quantitative estimate of drug-likeness (QED) is 0.589. The van der Waals surface area contributed by atoms with Gasteiger partial charge in [-0.15, -0.1) is 11.3 Å². The van der Waals surface area contributed by atoms with Gasteiger partial charge in [0, 0.05) is 4.88 Å². The molecule has 2 aromatic heterocycles. The lowest BCUT2D eigenvalue weighted by Gasteiger charge is -2.07. The average molecular weight is 331 g/mol. The highest BCUT2D eigenvalue weighted by Crippen LogP contribution is 2.16. The molecule has 3 aromatic rings. The number of nitrogens with one attached hydrogen (secondary N) is 1. The van der Waals surface area contributed by atoms with Gasteiger partial charge in [0.25, 0.3) is 5.56 Å². The zero-order chi connectivity index (χ0) is 15.4. The number of rotatable bonds is 4. The predicted octanol–water partition coefficient (Wildman–Crippen LogP) is 3.39. The van der Waals surface area contributed by atoms with Crippen LogP contribution in [0.3, 0.4) is 0 Å². The second kappa shape index (κ2) is 6.55. The monoisotopic (exact) mass is 330 g/mol. The number of hydrazone groups is 1. The summed E-state index contributed by atoms with van der Waals surface area (Å²) in [7, 11) is 0. The summed E-state index contributed by atoms with van der Waals surface area (Å²) in [5, 5.41) is 10.2. The van der Waals surface area contributed by atoms with E-state index in [1.165, 1.54) is 10.9 Å². The van der Waals surface area contributed by atoms with Crippen LogP contribution in [0.15, 0.2) is 63.9 Å². The van der Waals surface area contributed by atoms with Gasteiger partial charge in [0.2, 0.25) is 0 Å². The Morgan fingerprint density at radius 2 is 2.05 bits per heavy atom. The standard InChI is InChI=1S/C15H11ClN4OS/c16-14-13(19-17-9-12-7-4-8-22-12)10-18-20(15(14)21)11-5-2-1-3-6-11/h1-10,19H/b17-9-. The fourth-order valence-electron chi connectivity index (χ4n) is 1.79. The molecule has 0 aliphatic carbocycles. The summed E-state index contributed by atoms with van der Waals surface area (Å²) < 4.78 is 1.25. The molecular weight excluding hydrogens is 320 g/mol. The highest BCUT2D eigenvalue weighted by Gasteiger charge is 2.09. The summed E-state index contributed by atoms with van der Waals surface area (Å²) in [6.45, 7) is 0. The fraction of sp³-hybridized carbons (Fsp3) is 0. The molecule has 0 amide bonds. The Morgan fingerprint density at radius 3 is 2.77 bits per heavy atom. The van der Waals surface area contributed by atoms with Gasteiger partial charge in [-0.2, -0.15) is 14.9 Å². The molecule has 3 rings (SSSR count). The molecule has 0 saturated heterocycles. The van der Waals surface area contributed by atoms with Gasteiger partial charge in [0.05, 0.1) is 18.1 Å². The minimum Gasteiger partial charge on any atom is -0.275 e. The fourth-order valence-corrected chi connectivity index (χ4v) is 2.55. The van der Waals surface area contributed by atoms with E-state index in [-0.39, 0.29) is 5.02 Å². The van der Waals surface area contributed by atoms with Gasteiger partial charge in [-0.05, 0) is 23.6 Å². The molecule has 0 fully saturated rings. The number of thiophene rings is 1. The first-order valence-corrected chi connectivity index (χ1v) is 7.67. The normalized spacial score (nSPS) is 11.0. The first kappa shape index (κ1) is 14.5. The van der Waals surface area contributed by atoms with E-state index in [9.17, 15) is 4.79 Å². The van der Waals surface area contributed by atoms with E-state index in [0.29, 0.717) is 11.4 Å². The topological polar surface area (TPSA) is 59.3 Å². The van der Waals surface area contributed by atoms with Crippen molar-refractivity contribution in [3.8, 4) is 5.69 Å². The molecule has 2 heterocycles. The number of hydrogen-bond acceptors (Lipinski definition) is 5. The van der Waals surface area contributed by atoms with E-state index in [1.807, 2.05) is 35.7 Å². The van der Waals surface area contributed by atoms with E-state index < -0.39 is 5.56 Å². The molecule has 0 unspecified atom stereocenters. The van der Waals surface area contributed by atoms with E-state index in [0.717, 1.165) is 4.88 Å². The number of benzene rings is 1. The zero-order valence-corrected chi connectivity index (χ0v) is 12.9. The third kappa shape index (κ3) is 3.08. The summed E-state index contributed by atoms with van der Waals surface area (Å²) in [5.41, 5.74) is 3.36. The lowest BCUT2D eigenvalue weighted by molar-refractivity contribution is 0.808. The van der Waals surface area contributed by atoms with E-state index in [4.69, 9.17) is 11.6 Å². The molecule has 1 N–H and O–H groups in total. The number of aromatic nitrogens is 2.